The third-order valence-corrected chi connectivity index (χ3v) is 5.57. The summed E-state index contributed by atoms with van der Waals surface area (Å²) in [5.41, 5.74) is 0.906. The molecule has 3 rings (SSSR count). The van der Waals surface area contributed by atoms with Gasteiger partial charge in [-0.15, -0.1) is 10.2 Å². The quantitative estimate of drug-likeness (QED) is 0.500. The Labute approximate surface area is 151 Å². The highest BCUT2D eigenvalue weighted by molar-refractivity contribution is 8.01. The van der Waals surface area contributed by atoms with Crippen LogP contribution in [-0.4, -0.2) is 42.4 Å². The lowest BCUT2D eigenvalue weighted by Gasteiger charge is -2.05. The van der Waals surface area contributed by atoms with Crippen LogP contribution in [0.15, 0.2) is 46.2 Å². The first-order valence-corrected chi connectivity index (χ1v) is 9.89. The number of benzene rings is 1. The highest BCUT2D eigenvalue weighted by Crippen LogP contribution is 2.25. The summed E-state index contributed by atoms with van der Waals surface area (Å²) in [7, 11) is 0. The molecular weight excluding hydrogens is 364 g/mol. The highest BCUT2D eigenvalue weighted by atomic mass is 32.2. The molecule has 7 nitrogen and oxygen atoms in total. The smallest absolute Gasteiger partial charge is 0.236 e. The first kappa shape index (κ1) is 16.9. The van der Waals surface area contributed by atoms with E-state index in [0.29, 0.717) is 10.3 Å². The van der Waals surface area contributed by atoms with Gasteiger partial charge < -0.3 is 0 Å². The van der Waals surface area contributed by atoms with Gasteiger partial charge >= 0.3 is 0 Å². The van der Waals surface area contributed by atoms with Crippen molar-refractivity contribution in [2.75, 3.05) is 16.8 Å². The van der Waals surface area contributed by atoms with E-state index in [1.807, 2.05) is 37.3 Å². The van der Waals surface area contributed by atoms with Gasteiger partial charge in [-0.2, -0.15) is 5.10 Å². The van der Waals surface area contributed by atoms with Gasteiger partial charge in [0.15, 0.2) is 9.50 Å². The van der Waals surface area contributed by atoms with Crippen LogP contribution in [0.2, 0.25) is 0 Å². The van der Waals surface area contributed by atoms with E-state index in [9.17, 15) is 4.79 Å². The van der Waals surface area contributed by atoms with Gasteiger partial charge in [-0.25, -0.2) is 9.67 Å². The van der Waals surface area contributed by atoms with Gasteiger partial charge in [0.25, 0.3) is 0 Å². The summed E-state index contributed by atoms with van der Waals surface area (Å²) >= 11 is 4.30. The van der Waals surface area contributed by atoms with Crippen LogP contribution in [0.3, 0.4) is 0 Å². The Hall–Kier alpha value is -1.91. The summed E-state index contributed by atoms with van der Waals surface area (Å²) in [4.78, 5) is 16.3. The van der Waals surface area contributed by atoms with E-state index in [-0.39, 0.29) is 11.7 Å². The first-order valence-electron chi connectivity index (χ1n) is 7.10. The van der Waals surface area contributed by atoms with Crippen LogP contribution >= 0.6 is 34.9 Å². The van der Waals surface area contributed by atoms with Gasteiger partial charge in [-0.3, -0.25) is 10.1 Å². The van der Waals surface area contributed by atoms with Crippen molar-refractivity contribution in [3.8, 4) is 5.69 Å². The number of rotatable bonds is 7. The molecule has 0 fully saturated rings. The second-order valence-electron chi connectivity index (χ2n) is 4.43. The molecule has 124 valence electrons. The van der Waals surface area contributed by atoms with Crippen LogP contribution in [0.4, 0.5) is 5.13 Å². The van der Waals surface area contributed by atoms with E-state index >= 15 is 0 Å². The van der Waals surface area contributed by atoms with Crippen molar-refractivity contribution in [3.05, 3.63) is 36.7 Å². The zero-order valence-corrected chi connectivity index (χ0v) is 15.2. The van der Waals surface area contributed by atoms with Crippen LogP contribution in [0.25, 0.3) is 5.69 Å². The molecule has 0 unspecified atom stereocenters. The molecule has 0 saturated carbocycles. The number of carbonyl (C=O) groups is 1. The van der Waals surface area contributed by atoms with E-state index < -0.39 is 0 Å². The molecule has 0 aliphatic rings. The van der Waals surface area contributed by atoms with Gasteiger partial charge in [0, 0.05) is 0 Å². The predicted octanol–water partition coefficient (Wildman–Crippen LogP) is 2.96. The zero-order chi connectivity index (χ0) is 16.8. The molecule has 0 spiro atoms. The third-order valence-electron chi connectivity index (χ3n) is 2.77. The van der Waals surface area contributed by atoms with Crippen LogP contribution in [-0.2, 0) is 4.79 Å². The number of nitrogens with one attached hydrogen (secondary N) is 1. The number of hydrogen-bond acceptors (Lipinski definition) is 8. The Bertz CT molecular complexity index is 804. The molecule has 0 saturated heterocycles. The first-order chi connectivity index (χ1) is 11.8. The summed E-state index contributed by atoms with van der Waals surface area (Å²) in [5.74, 6) is 1.00. The molecule has 24 heavy (non-hydrogen) atoms. The molecule has 1 amide bonds. The van der Waals surface area contributed by atoms with Crippen molar-refractivity contribution in [1.29, 1.82) is 0 Å². The van der Waals surface area contributed by atoms with E-state index in [4.69, 9.17) is 0 Å². The second-order valence-corrected chi connectivity index (χ2v) is 7.86. The molecule has 1 aromatic carbocycles. The molecule has 2 aromatic heterocycles. The molecular formula is C14H14N6OS3. The van der Waals surface area contributed by atoms with Gasteiger partial charge in [-0.05, 0) is 17.9 Å². The molecule has 0 aliphatic heterocycles. The highest BCUT2D eigenvalue weighted by Gasteiger charge is 2.12. The maximum atomic E-state index is 12.1. The lowest BCUT2D eigenvalue weighted by Crippen LogP contribution is -2.14. The number of anilines is 1. The molecule has 0 aliphatic carbocycles. The molecule has 10 heteroatoms. The zero-order valence-electron chi connectivity index (χ0n) is 12.7. The molecule has 0 bridgehead atoms. The number of amides is 1. The minimum absolute atomic E-state index is 0.146. The number of para-hydroxylation sites is 1. The largest absolute Gasteiger partial charge is 0.300 e. The average molecular weight is 379 g/mol. The number of nitrogens with zero attached hydrogens (tertiary/aromatic N) is 5. The fourth-order valence-electron chi connectivity index (χ4n) is 1.80. The summed E-state index contributed by atoms with van der Waals surface area (Å²) in [5, 5.41) is 16.1. The van der Waals surface area contributed by atoms with Crippen LogP contribution < -0.4 is 5.32 Å². The topological polar surface area (TPSA) is 85.6 Å². The molecule has 0 atom stereocenters. The number of aromatic nitrogens is 5. The number of thioether (sulfide) groups is 2. The van der Waals surface area contributed by atoms with Crippen molar-refractivity contribution in [2.45, 2.75) is 16.4 Å². The molecule has 2 heterocycles. The van der Waals surface area contributed by atoms with Crippen molar-refractivity contribution < 1.29 is 4.79 Å². The SMILES string of the molecule is CCSc1nnc(NC(=O)CSc2ncnn2-c2ccccc2)s1. The van der Waals surface area contributed by atoms with Crippen molar-refractivity contribution >= 4 is 45.9 Å². The van der Waals surface area contributed by atoms with Crippen LogP contribution in [0.5, 0.6) is 0 Å². The Morgan fingerprint density at radius 3 is 2.88 bits per heavy atom. The van der Waals surface area contributed by atoms with Gasteiger partial charge in [0.2, 0.25) is 11.0 Å². The minimum atomic E-state index is -0.146. The van der Waals surface area contributed by atoms with E-state index in [2.05, 4.69) is 25.6 Å². The molecule has 0 radical (unpaired) electrons. The maximum absolute atomic E-state index is 12.1. The number of carbonyl (C=O) groups excluding carboxylic acids is 1. The average Bonchev–Trinajstić information content (AvgIpc) is 3.23. The third kappa shape index (κ3) is 4.34. The maximum Gasteiger partial charge on any atom is 0.236 e. The normalized spacial score (nSPS) is 10.7. The van der Waals surface area contributed by atoms with Gasteiger partial charge in [0.05, 0.1) is 11.4 Å². The second kappa shape index (κ2) is 8.27. The van der Waals surface area contributed by atoms with Crippen LogP contribution in [0.1, 0.15) is 6.92 Å². The Morgan fingerprint density at radius 1 is 1.25 bits per heavy atom. The van der Waals surface area contributed by atoms with E-state index in [1.165, 1.54) is 29.4 Å². The Morgan fingerprint density at radius 2 is 2.08 bits per heavy atom. The summed E-state index contributed by atoms with van der Waals surface area (Å²) < 4.78 is 2.56. The number of hydrogen-bond donors (Lipinski definition) is 1. The fraction of sp³-hybridized carbons (Fsp3) is 0.214. The summed E-state index contributed by atoms with van der Waals surface area (Å²) in [6.45, 7) is 2.05. The van der Waals surface area contributed by atoms with E-state index in [0.717, 1.165) is 15.8 Å². The van der Waals surface area contributed by atoms with Crippen LogP contribution in [0, 0.1) is 0 Å². The van der Waals surface area contributed by atoms with Gasteiger partial charge in [0.1, 0.15) is 6.33 Å². The standard InChI is InChI=1S/C14H14N6OS3/c1-2-22-14-19-18-12(24-14)17-11(21)8-23-13-15-9-16-20(13)10-6-4-3-5-7-10/h3-7,9H,2,8H2,1H3,(H,17,18,21). The Kier molecular flexibility index (Phi) is 5.83. The fourth-order valence-corrected chi connectivity index (χ4v) is 4.20. The molecule has 1 N–H and O–H groups in total. The Balaban J connectivity index is 1.58. The monoisotopic (exact) mass is 378 g/mol. The molecule has 3 aromatic rings. The van der Waals surface area contributed by atoms with Crippen molar-refractivity contribution in [3.63, 3.8) is 0 Å². The summed E-state index contributed by atoms with van der Waals surface area (Å²) in [6.07, 6.45) is 1.48. The van der Waals surface area contributed by atoms with Crippen molar-refractivity contribution in [1.82, 2.24) is 25.0 Å². The van der Waals surface area contributed by atoms with Crippen molar-refractivity contribution in [2.24, 2.45) is 0 Å². The van der Waals surface area contributed by atoms with E-state index in [1.54, 1.807) is 16.4 Å². The lowest BCUT2D eigenvalue weighted by molar-refractivity contribution is -0.113. The van der Waals surface area contributed by atoms with Gasteiger partial charge in [-0.1, -0.05) is 60.0 Å². The predicted molar refractivity (Wildman–Crippen MR) is 97.0 cm³/mol. The summed E-state index contributed by atoms with van der Waals surface area (Å²) in [6, 6.07) is 9.67. The minimum Gasteiger partial charge on any atom is -0.300 e. The lowest BCUT2D eigenvalue weighted by atomic mass is 10.3.